The number of methoxy groups -OCH3 is 1. The van der Waals surface area contributed by atoms with Crippen LogP contribution in [0.1, 0.15) is 34.1 Å². The van der Waals surface area contributed by atoms with Crippen molar-refractivity contribution in [2.75, 3.05) is 53.5 Å². The van der Waals surface area contributed by atoms with E-state index >= 15 is 0 Å². The van der Waals surface area contributed by atoms with E-state index in [0.717, 1.165) is 67.3 Å². The number of rotatable bonds is 7. The predicted octanol–water partition coefficient (Wildman–Crippen LogP) is 3.04. The zero-order valence-electron chi connectivity index (χ0n) is 18.2. The summed E-state index contributed by atoms with van der Waals surface area (Å²) in [5.41, 5.74) is 12.1. The second-order valence-electron chi connectivity index (χ2n) is 8.24. The highest BCUT2D eigenvalue weighted by Crippen LogP contribution is 2.30. The average Bonchev–Trinajstić information content (AvgIpc) is 2.67. The third-order valence-electron chi connectivity index (χ3n) is 6.34. The molecule has 0 radical (unpaired) electrons. The fourth-order valence-corrected chi connectivity index (χ4v) is 3.82. The Morgan fingerprint density at radius 2 is 1.93 bits per heavy atom. The van der Waals surface area contributed by atoms with Crippen molar-refractivity contribution in [2.45, 2.75) is 40.2 Å². The summed E-state index contributed by atoms with van der Waals surface area (Å²) in [7, 11) is 4.09. The summed E-state index contributed by atoms with van der Waals surface area (Å²) in [5.74, 6) is 0. The summed E-state index contributed by atoms with van der Waals surface area (Å²) in [6.07, 6.45) is 5.39. The molecule has 2 aliphatic heterocycles. The molecular formula is C22H39N4O+. The first-order valence-corrected chi connectivity index (χ1v) is 10.1. The van der Waals surface area contributed by atoms with Gasteiger partial charge in [-0.3, -0.25) is 0 Å². The molecule has 2 aliphatic rings. The molecule has 0 spiro atoms. The van der Waals surface area contributed by atoms with E-state index < -0.39 is 0 Å². The lowest BCUT2D eigenvalue weighted by Crippen LogP contribution is -2.58. The van der Waals surface area contributed by atoms with Gasteiger partial charge in [-0.25, -0.2) is 0 Å². The van der Waals surface area contributed by atoms with Gasteiger partial charge < -0.3 is 24.8 Å². The van der Waals surface area contributed by atoms with Crippen LogP contribution in [-0.4, -0.2) is 73.8 Å². The average molecular weight is 376 g/mol. The zero-order chi connectivity index (χ0) is 20.2. The Hall–Kier alpha value is -1.72. The maximum atomic E-state index is 6.66. The van der Waals surface area contributed by atoms with Gasteiger partial charge in [-0.1, -0.05) is 19.6 Å². The maximum Gasteiger partial charge on any atom is 0.102 e. The van der Waals surface area contributed by atoms with Crippen LogP contribution in [0.25, 0.3) is 0 Å². The van der Waals surface area contributed by atoms with Crippen molar-refractivity contribution < 1.29 is 9.22 Å². The molecule has 2 N–H and O–H groups in total. The first-order chi connectivity index (χ1) is 12.7. The van der Waals surface area contributed by atoms with Crippen LogP contribution in [-0.2, 0) is 4.74 Å². The van der Waals surface area contributed by atoms with Crippen LogP contribution in [0, 0.1) is 0 Å². The van der Waals surface area contributed by atoms with Gasteiger partial charge in [0.1, 0.15) is 6.54 Å². The lowest BCUT2D eigenvalue weighted by atomic mass is 10.0. The molecule has 152 valence electrons. The molecule has 0 aromatic heterocycles. The van der Waals surface area contributed by atoms with Gasteiger partial charge in [0.2, 0.25) is 0 Å². The van der Waals surface area contributed by atoms with Gasteiger partial charge in [0.15, 0.2) is 0 Å². The van der Waals surface area contributed by atoms with Crippen LogP contribution >= 0.6 is 0 Å². The number of allylic oxidation sites excluding steroid dienone is 4. The number of hydrogen-bond donors (Lipinski definition) is 1. The van der Waals surface area contributed by atoms with Crippen molar-refractivity contribution in [3.63, 3.8) is 0 Å². The Morgan fingerprint density at radius 1 is 1.30 bits per heavy atom. The summed E-state index contributed by atoms with van der Waals surface area (Å²) >= 11 is 0. The highest BCUT2D eigenvalue weighted by molar-refractivity contribution is 5.44. The second kappa shape index (κ2) is 8.98. The van der Waals surface area contributed by atoms with Crippen LogP contribution in [0.5, 0.6) is 0 Å². The van der Waals surface area contributed by atoms with E-state index in [2.05, 4.69) is 63.3 Å². The fourth-order valence-electron chi connectivity index (χ4n) is 3.82. The lowest BCUT2D eigenvalue weighted by molar-refractivity contribution is -0.913. The Kier molecular flexibility index (Phi) is 7.18. The predicted molar refractivity (Wildman–Crippen MR) is 114 cm³/mol. The van der Waals surface area contributed by atoms with Gasteiger partial charge in [0.25, 0.3) is 0 Å². The zero-order valence-corrected chi connectivity index (χ0v) is 18.2. The summed E-state index contributed by atoms with van der Waals surface area (Å²) in [6.45, 7) is 19.2. The molecule has 0 amide bonds. The molecule has 0 saturated carbocycles. The van der Waals surface area contributed by atoms with Crippen LogP contribution in [0.4, 0.5) is 0 Å². The topological polar surface area (TPSA) is 41.7 Å². The van der Waals surface area contributed by atoms with E-state index in [1.165, 1.54) is 11.3 Å². The van der Waals surface area contributed by atoms with Crippen LogP contribution in [0.15, 0.2) is 47.1 Å². The van der Waals surface area contributed by atoms with Gasteiger partial charge in [-0.15, -0.1) is 0 Å². The van der Waals surface area contributed by atoms with Gasteiger partial charge in [-0.2, -0.15) is 0 Å². The van der Waals surface area contributed by atoms with Crippen LogP contribution in [0.2, 0.25) is 0 Å². The molecule has 0 aliphatic carbocycles. The van der Waals surface area contributed by atoms with Crippen LogP contribution < -0.4 is 5.73 Å². The maximum absolute atomic E-state index is 6.66. The highest BCUT2D eigenvalue weighted by atomic mass is 16.5. The summed E-state index contributed by atoms with van der Waals surface area (Å²) in [5, 5.41) is 0. The van der Waals surface area contributed by atoms with E-state index in [1.807, 2.05) is 0 Å². The first kappa shape index (κ1) is 21.6. The third-order valence-corrected chi connectivity index (χ3v) is 6.34. The molecule has 1 fully saturated rings. The summed E-state index contributed by atoms with van der Waals surface area (Å²) in [6, 6.07) is 0.404. The Morgan fingerprint density at radius 3 is 2.48 bits per heavy atom. The van der Waals surface area contributed by atoms with E-state index in [4.69, 9.17) is 10.5 Å². The number of likely N-dealkylation sites (N-methyl/N-ethyl adjacent to an activating group) is 1. The van der Waals surface area contributed by atoms with Crippen molar-refractivity contribution in [1.82, 2.24) is 9.80 Å². The Bertz CT molecular complexity index is 639. The second-order valence-corrected chi connectivity index (χ2v) is 8.24. The molecule has 1 saturated heterocycles. The SMILES string of the molecule is C=C(C(N)=C1C=CC(C)=C(C)N1C(C)CC)N1CC[N+](C)(CCOC)CC1. The molecule has 5 heteroatoms. The molecule has 0 aromatic rings. The Labute approximate surface area is 166 Å². The van der Waals surface area contributed by atoms with E-state index in [9.17, 15) is 0 Å². The molecular weight excluding hydrogens is 336 g/mol. The van der Waals surface area contributed by atoms with Crippen molar-refractivity contribution in [1.29, 1.82) is 0 Å². The normalized spacial score (nSPS) is 22.9. The van der Waals surface area contributed by atoms with Crippen molar-refractivity contribution in [3.8, 4) is 0 Å². The monoisotopic (exact) mass is 375 g/mol. The number of piperazine rings is 1. The molecule has 1 unspecified atom stereocenters. The van der Waals surface area contributed by atoms with E-state index in [1.54, 1.807) is 7.11 Å². The number of nitrogens with two attached hydrogens (primary N) is 1. The third kappa shape index (κ3) is 4.77. The number of hydrogen-bond acceptors (Lipinski definition) is 4. The molecule has 1 atom stereocenters. The largest absolute Gasteiger partial charge is 0.395 e. The minimum atomic E-state index is 0.404. The minimum Gasteiger partial charge on any atom is -0.395 e. The number of quaternary nitrogens is 1. The molecule has 5 nitrogen and oxygen atoms in total. The molecule has 0 aromatic carbocycles. The van der Waals surface area contributed by atoms with Gasteiger partial charge in [0, 0.05) is 18.8 Å². The first-order valence-electron chi connectivity index (χ1n) is 10.1. The van der Waals surface area contributed by atoms with E-state index in [0.29, 0.717) is 6.04 Å². The fraction of sp³-hybridized carbons (Fsp3) is 0.636. The van der Waals surface area contributed by atoms with Crippen molar-refractivity contribution >= 4 is 0 Å². The molecule has 0 bridgehead atoms. The molecule has 2 rings (SSSR count). The molecule has 2 heterocycles. The quantitative estimate of drug-likeness (QED) is 0.695. The van der Waals surface area contributed by atoms with Gasteiger partial charge >= 0.3 is 0 Å². The van der Waals surface area contributed by atoms with E-state index in [-0.39, 0.29) is 0 Å². The number of ether oxygens (including phenoxy) is 1. The van der Waals surface area contributed by atoms with Crippen LogP contribution in [0.3, 0.4) is 0 Å². The van der Waals surface area contributed by atoms with Gasteiger partial charge in [0.05, 0.1) is 56.9 Å². The summed E-state index contributed by atoms with van der Waals surface area (Å²) < 4.78 is 6.32. The Balaban J connectivity index is 2.17. The standard InChI is InChI=1S/C22H39N4O/c1-8-18(3)25-19(4)17(2)9-10-21(25)22(23)20(5)24-11-13-26(6,14-12-24)15-16-27-7/h9-10,18H,5,8,11-16,23H2,1-4,6-7H3/q+1. The lowest BCUT2D eigenvalue weighted by Gasteiger charge is -2.44. The molecule has 27 heavy (non-hydrogen) atoms. The van der Waals surface area contributed by atoms with Crippen molar-refractivity contribution in [3.05, 3.63) is 47.1 Å². The summed E-state index contributed by atoms with van der Waals surface area (Å²) in [4.78, 5) is 4.72. The highest BCUT2D eigenvalue weighted by Gasteiger charge is 2.30. The number of nitrogens with zero attached hydrogens (tertiary/aromatic N) is 3. The van der Waals surface area contributed by atoms with Gasteiger partial charge in [-0.05, 0) is 38.8 Å². The van der Waals surface area contributed by atoms with Crippen molar-refractivity contribution in [2.24, 2.45) is 5.73 Å². The smallest absolute Gasteiger partial charge is 0.102 e. The minimum absolute atomic E-state index is 0.404.